The van der Waals surface area contributed by atoms with Gasteiger partial charge in [-0.1, -0.05) is 6.58 Å². The summed E-state index contributed by atoms with van der Waals surface area (Å²) in [5, 5.41) is 17.5. The summed E-state index contributed by atoms with van der Waals surface area (Å²) in [6, 6.07) is 9.73. The number of aliphatic hydroxyl groups is 1. The minimum Gasteiger partial charge on any atom is -0.407 e. The molecule has 38 heavy (non-hydrogen) atoms. The number of carbonyl (C=O) groups is 1. The van der Waals surface area contributed by atoms with Crippen molar-refractivity contribution in [2.24, 2.45) is 0 Å². The summed E-state index contributed by atoms with van der Waals surface area (Å²) < 4.78 is 44.8. The van der Waals surface area contributed by atoms with Gasteiger partial charge in [-0.05, 0) is 56.6 Å². The van der Waals surface area contributed by atoms with Crippen LogP contribution in [0.1, 0.15) is 0 Å². The fourth-order valence-electron chi connectivity index (χ4n) is 3.24. The molecule has 0 aliphatic heterocycles. The SMILES string of the molecule is C=CC(=O)Nc1cc(Nc2nccc(Nc3ccc(F)cc3)n2)c(OC(O)(F)F)cc1N(C)CCN(C)C. The monoisotopic (exact) mass is 531 g/mol. The Balaban J connectivity index is 2.00. The first-order chi connectivity index (χ1) is 17.9. The predicted molar refractivity (Wildman–Crippen MR) is 140 cm³/mol. The van der Waals surface area contributed by atoms with Crippen LogP contribution >= 0.6 is 0 Å². The molecule has 0 spiro atoms. The molecular formula is C25H28F3N7O3. The number of likely N-dealkylation sites (N-methyl/N-ethyl adjacent to an activating group) is 2. The van der Waals surface area contributed by atoms with Gasteiger partial charge in [-0.15, -0.1) is 8.78 Å². The highest BCUT2D eigenvalue weighted by Gasteiger charge is 2.30. The van der Waals surface area contributed by atoms with Crippen molar-refractivity contribution in [1.82, 2.24) is 14.9 Å². The van der Waals surface area contributed by atoms with E-state index in [0.717, 1.165) is 6.08 Å². The summed E-state index contributed by atoms with van der Waals surface area (Å²) in [6.45, 7) is 4.55. The second-order valence-electron chi connectivity index (χ2n) is 8.39. The fraction of sp³-hybridized carbons (Fsp3) is 0.240. The molecule has 2 aromatic carbocycles. The smallest absolute Gasteiger partial charge is 0.407 e. The van der Waals surface area contributed by atoms with Crippen LogP contribution in [-0.4, -0.2) is 66.4 Å². The van der Waals surface area contributed by atoms with Gasteiger partial charge in [0.2, 0.25) is 11.9 Å². The van der Waals surface area contributed by atoms with Gasteiger partial charge in [0.15, 0.2) is 5.75 Å². The first-order valence-corrected chi connectivity index (χ1v) is 11.3. The van der Waals surface area contributed by atoms with Crippen molar-refractivity contribution in [2.45, 2.75) is 6.29 Å². The maximum absolute atomic E-state index is 13.5. The van der Waals surface area contributed by atoms with Crippen LogP contribution in [0, 0.1) is 5.82 Å². The minimum atomic E-state index is -4.49. The number of halogens is 3. The van der Waals surface area contributed by atoms with Crippen molar-refractivity contribution in [2.75, 3.05) is 55.1 Å². The molecule has 0 fully saturated rings. The molecule has 0 saturated heterocycles. The van der Waals surface area contributed by atoms with E-state index >= 15 is 0 Å². The second kappa shape index (κ2) is 12.3. The van der Waals surface area contributed by atoms with Crippen LogP contribution in [0.3, 0.4) is 0 Å². The van der Waals surface area contributed by atoms with Crippen LogP contribution < -0.4 is 25.6 Å². The first kappa shape index (κ1) is 28.2. The normalized spacial score (nSPS) is 11.2. The zero-order chi connectivity index (χ0) is 27.9. The van der Waals surface area contributed by atoms with E-state index < -0.39 is 23.8 Å². The van der Waals surface area contributed by atoms with Crippen molar-refractivity contribution >= 4 is 40.4 Å². The molecular weight excluding hydrogens is 503 g/mol. The zero-order valence-corrected chi connectivity index (χ0v) is 21.0. The molecule has 10 nitrogen and oxygen atoms in total. The average Bonchev–Trinajstić information content (AvgIpc) is 2.84. The van der Waals surface area contributed by atoms with Crippen LogP contribution in [0.25, 0.3) is 0 Å². The average molecular weight is 532 g/mol. The van der Waals surface area contributed by atoms with Gasteiger partial charge < -0.3 is 35.6 Å². The summed E-state index contributed by atoms with van der Waals surface area (Å²) in [5.74, 6) is -1.05. The topological polar surface area (TPSA) is 115 Å². The maximum atomic E-state index is 13.5. The molecule has 4 N–H and O–H groups in total. The quantitative estimate of drug-likeness (QED) is 0.202. The highest BCUT2D eigenvalue weighted by Crippen LogP contribution is 2.39. The lowest BCUT2D eigenvalue weighted by Crippen LogP contribution is -2.29. The third kappa shape index (κ3) is 8.35. The Morgan fingerprint density at radius 2 is 1.82 bits per heavy atom. The Hall–Kier alpha value is -4.36. The van der Waals surface area contributed by atoms with Crippen molar-refractivity contribution in [1.29, 1.82) is 0 Å². The second-order valence-corrected chi connectivity index (χ2v) is 8.39. The number of nitrogens with one attached hydrogen (secondary N) is 3. The number of amides is 1. The Morgan fingerprint density at radius 3 is 2.45 bits per heavy atom. The standard InChI is InChI=1S/C25H28F3N7O3/c1-5-23(36)31-18-14-19(21(38-25(27,28)37)15-20(18)35(4)13-12-34(2)3)32-24-29-11-10-22(33-24)30-17-8-6-16(26)7-9-17/h5-11,14-15,37H,1,12-13H2,2-4H3,(H,31,36)(H2,29,30,32,33). The molecule has 0 aliphatic rings. The number of benzene rings is 2. The molecule has 0 unspecified atom stereocenters. The Bertz CT molecular complexity index is 1270. The van der Waals surface area contributed by atoms with Gasteiger partial charge in [-0.3, -0.25) is 4.79 Å². The fourth-order valence-corrected chi connectivity index (χ4v) is 3.24. The Morgan fingerprint density at radius 1 is 1.11 bits per heavy atom. The van der Waals surface area contributed by atoms with Gasteiger partial charge in [0.05, 0.1) is 17.1 Å². The van der Waals surface area contributed by atoms with Crippen molar-refractivity contribution in [3.8, 4) is 5.75 Å². The molecule has 0 bridgehead atoms. The summed E-state index contributed by atoms with van der Waals surface area (Å²) in [4.78, 5) is 24.2. The molecule has 13 heteroatoms. The van der Waals surface area contributed by atoms with Gasteiger partial charge >= 0.3 is 6.29 Å². The predicted octanol–water partition coefficient (Wildman–Crippen LogP) is 4.15. The van der Waals surface area contributed by atoms with E-state index in [0.29, 0.717) is 30.3 Å². The Kier molecular flexibility index (Phi) is 9.10. The van der Waals surface area contributed by atoms with E-state index in [-0.39, 0.29) is 17.3 Å². The highest BCUT2D eigenvalue weighted by molar-refractivity contribution is 6.02. The lowest BCUT2D eigenvalue weighted by Gasteiger charge is -2.26. The number of alkyl halides is 2. The van der Waals surface area contributed by atoms with Gasteiger partial charge in [0.1, 0.15) is 11.6 Å². The summed E-state index contributed by atoms with van der Waals surface area (Å²) in [7, 11) is 5.46. The molecule has 1 aromatic heterocycles. The third-order valence-corrected chi connectivity index (χ3v) is 5.09. The number of carbonyl (C=O) groups excluding carboxylic acids is 1. The third-order valence-electron chi connectivity index (χ3n) is 5.09. The first-order valence-electron chi connectivity index (χ1n) is 11.3. The van der Waals surface area contributed by atoms with Gasteiger partial charge in [0, 0.05) is 38.1 Å². The van der Waals surface area contributed by atoms with E-state index in [4.69, 9.17) is 5.11 Å². The maximum Gasteiger partial charge on any atom is 0.532 e. The number of anilines is 6. The lowest BCUT2D eigenvalue weighted by molar-refractivity contribution is -0.327. The Labute approximate surface area is 217 Å². The minimum absolute atomic E-state index is 0.0158. The van der Waals surface area contributed by atoms with Crippen LogP contribution in [0.4, 0.5) is 47.7 Å². The van der Waals surface area contributed by atoms with Crippen LogP contribution in [0.15, 0.2) is 61.3 Å². The van der Waals surface area contributed by atoms with E-state index in [2.05, 4.69) is 37.2 Å². The molecule has 1 amide bonds. The number of hydrogen-bond donors (Lipinski definition) is 4. The number of nitrogens with zero attached hydrogens (tertiary/aromatic N) is 4. The molecule has 3 aromatic rings. The van der Waals surface area contributed by atoms with Crippen molar-refractivity contribution in [3.05, 3.63) is 67.1 Å². The number of aromatic nitrogens is 2. The number of ether oxygens (including phenoxy) is 1. The number of hydrogen-bond acceptors (Lipinski definition) is 9. The van der Waals surface area contributed by atoms with E-state index in [1.165, 1.54) is 42.6 Å². The summed E-state index contributed by atoms with van der Waals surface area (Å²) in [5.41, 5.74) is 1.09. The molecule has 0 aliphatic carbocycles. The molecule has 0 radical (unpaired) electrons. The van der Waals surface area contributed by atoms with E-state index in [1.54, 1.807) is 18.0 Å². The van der Waals surface area contributed by atoms with Crippen LogP contribution in [0.2, 0.25) is 0 Å². The molecule has 0 saturated carbocycles. The molecule has 0 atom stereocenters. The van der Waals surface area contributed by atoms with E-state index in [9.17, 15) is 18.0 Å². The van der Waals surface area contributed by atoms with Crippen LogP contribution in [0.5, 0.6) is 5.75 Å². The number of rotatable bonds is 12. The molecule has 202 valence electrons. The molecule has 3 rings (SSSR count). The highest BCUT2D eigenvalue weighted by atomic mass is 19.3. The van der Waals surface area contributed by atoms with Crippen molar-refractivity contribution < 1.29 is 27.8 Å². The van der Waals surface area contributed by atoms with Gasteiger partial charge in [-0.25, -0.2) is 9.37 Å². The van der Waals surface area contributed by atoms with Gasteiger partial charge in [0.25, 0.3) is 0 Å². The largest absolute Gasteiger partial charge is 0.532 e. The lowest BCUT2D eigenvalue weighted by atomic mass is 10.2. The van der Waals surface area contributed by atoms with Crippen LogP contribution in [-0.2, 0) is 4.79 Å². The summed E-state index contributed by atoms with van der Waals surface area (Å²) >= 11 is 0. The molecule has 1 heterocycles. The summed E-state index contributed by atoms with van der Waals surface area (Å²) in [6.07, 6.45) is -2.02. The van der Waals surface area contributed by atoms with E-state index in [1.807, 2.05) is 19.0 Å². The van der Waals surface area contributed by atoms with Gasteiger partial charge in [-0.2, -0.15) is 4.98 Å². The van der Waals surface area contributed by atoms with Crippen molar-refractivity contribution in [3.63, 3.8) is 0 Å². The zero-order valence-electron chi connectivity index (χ0n) is 21.0.